The highest BCUT2D eigenvalue weighted by Crippen LogP contribution is 2.54. The van der Waals surface area contributed by atoms with E-state index in [2.05, 4.69) is 33.9 Å². The normalized spacial score (nSPS) is 32.9. The monoisotopic (exact) mass is 730 g/mol. The Morgan fingerprint density at radius 2 is 1.94 bits per heavy atom. The molecule has 3 heterocycles. The average Bonchev–Trinajstić information content (AvgIpc) is 3.22. The first-order valence-electron chi connectivity index (χ1n) is 17.5. The standard InChI is InChI=1S/C37H47ClN2O5S3/c1-3-29-9-4-5-17-37(44-2,35-46-18-7-19-47-35)31-13-10-27(31)22-40-23-36(16-6-8-25-20-28(38)12-14-30(25)36)24-45-33-15-11-26(21-32(33)40)34(41)39-48(29,42)43/h5,11-12,14-15,17,20-21,27,29,31,35H,3-4,6-10,13,16,18-19,22-24H2,1-2H3,(H,39,41)/b17-5-/t27-,29+,31+,36-,37-/m0/s1. The third-order valence-electron chi connectivity index (χ3n) is 11.5. The number of allylic oxidation sites excluding steroid dienone is 1. The van der Waals surface area contributed by atoms with Gasteiger partial charge in [-0.3, -0.25) is 4.79 Å². The molecule has 2 aliphatic carbocycles. The van der Waals surface area contributed by atoms with Gasteiger partial charge in [0.15, 0.2) is 0 Å². The van der Waals surface area contributed by atoms with Crippen molar-refractivity contribution < 1.29 is 22.7 Å². The number of ether oxygens (including phenoxy) is 2. The molecule has 5 atom stereocenters. The fourth-order valence-corrected chi connectivity index (χ4v) is 13.8. The molecule has 0 aromatic heterocycles. The van der Waals surface area contributed by atoms with Crippen LogP contribution in [0.4, 0.5) is 5.69 Å². The number of amides is 1. The summed E-state index contributed by atoms with van der Waals surface area (Å²) in [6.07, 6.45) is 12.3. The number of fused-ring (bicyclic) bond motifs is 4. The molecular formula is C37H47ClN2O5S3. The van der Waals surface area contributed by atoms with Crippen molar-refractivity contribution in [1.82, 2.24) is 4.72 Å². The van der Waals surface area contributed by atoms with E-state index >= 15 is 0 Å². The number of hydrogen-bond acceptors (Lipinski definition) is 8. The number of anilines is 1. The van der Waals surface area contributed by atoms with Crippen LogP contribution < -0.4 is 14.4 Å². The first-order chi connectivity index (χ1) is 23.2. The van der Waals surface area contributed by atoms with E-state index in [4.69, 9.17) is 21.1 Å². The second-order valence-corrected chi connectivity index (χ2v) is 19.3. The summed E-state index contributed by atoms with van der Waals surface area (Å²) in [6.45, 7) is 3.93. The molecule has 11 heteroatoms. The first kappa shape index (κ1) is 34.6. The van der Waals surface area contributed by atoms with Gasteiger partial charge in [0.05, 0.1) is 22.1 Å². The molecule has 260 valence electrons. The number of sulfonamides is 1. The Balaban J connectivity index is 1.33. The summed E-state index contributed by atoms with van der Waals surface area (Å²) in [5, 5.41) is 0.0792. The van der Waals surface area contributed by atoms with Crippen LogP contribution in [0.3, 0.4) is 0 Å². The lowest BCUT2D eigenvalue weighted by atomic mass is 9.64. The number of nitrogens with zero attached hydrogens (tertiary/aromatic N) is 1. The van der Waals surface area contributed by atoms with Gasteiger partial charge in [0.1, 0.15) is 11.4 Å². The maximum Gasteiger partial charge on any atom is 0.264 e. The summed E-state index contributed by atoms with van der Waals surface area (Å²) < 4.78 is 43.1. The fraction of sp³-hybridized carbons (Fsp3) is 0.595. The van der Waals surface area contributed by atoms with Crippen molar-refractivity contribution in [2.45, 2.75) is 85.6 Å². The number of methoxy groups -OCH3 is 1. The molecule has 2 aromatic carbocycles. The lowest BCUT2D eigenvalue weighted by Crippen LogP contribution is -2.56. The molecule has 1 amide bonds. The van der Waals surface area contributed by atoms with Crippen molar-refractivity contribution in [2.75, 3.05) is 43.2 Å². The molecule has 1 spiro atoms. The fourth-order valence-electron chi connectivity index (χ4n) is 8.76. The molecule has 2 fully saturated rings. The molecule has 7 nitrogen and oxygen atoms in total. The van der Waals surface area contributed by atoms with E-state index in [9.17, 15) is 13.2 Å². The maximum absolute atomic E-state index is 13.6. The van der Waals surface area contributed by atoms with Crippen molar-refractivity contribution in [3.63, 3.8) is 0 Å². The Kier molecular flexibility index (Phi) is 10.1. The minimum Gasteiger partial charge on any atom is -0.490 e. The zero-order valence-corrected chi connectivity index (χ0v) is 31.1. The van der Waals surface area contributed by atoms with Gasteiger partial charge in [-0.1, -0.05) is 36.7 Å². The van der Waals surface area contributed by atoms with Gasteiger partial charge < -0.3 is 14.4 Å². The minimum absolute atomic E-state index is 0.245. The Morgan fingerprint density at radius 3 is 2.69 bits per heavy atom. The quantitative estimate of drug-likeness (QED) is 0.323. The van der Waals surface area contributed by atoms with Gasteiger partial charge in [0, 0.05) is 36.2 Å². The molecule has 0 radical (unpaired) electrons. The molecule has 0 unspecified atom stereocenters. The zero-order chi connectivity index (χ0) is 33.5. The van der Waals surface area contributed by atoms with Crippen LogP contribution in [-0.2, 0) is 26.6 Å². The van der Waals surface area contributed by atoms with Gasteiger partial charge in [-0.05, 0) is 123 Å². The molecular weight excluding hydrogens is 684 g/mol. The van der Waals surface area contributed by atoms with E-state index in [-0.39, 0.29) is 10.00 Å². The number of hydrogen-bond donors (Lipinski definition) is 1. The van der Waals surface area contributed by atoms with Crippen molar-refractivity contribution in [2.24, 2.45) is 11.8 Å². The Labute approximate surface area is 299 Å². The minimum atomic E-state index is -3.89. The van der Waals surface area contributed by atoms with E-state index in [0.717, 1.165) is 73.2 Å². The van der Waals surface area contributed by atoms with Gasteiger partial charge >= 0.3 is 0 Å². The number of carbonyl (C=O) groups excluding carboxylic acids is 1. The van der Waals surface area contributed by atoms with Crippen LogP contribution in [0.2, 0.25) is 5.02 Å². The number of rotatable bonds is 3. The highest BCUT2D eigenvalue weighted by Gasteiger charge is 2.53. The van der Waals surface area contributed by atoms with Crippen molar-refractivity contribution in [3.05, 3.63) is 70.3 Å². The lowest BCUT2D eigenvalue weighted by molar-refractivity contribution is -0.0638. The number of carbonyl (C=O) groups is 1. The summed E-state index contributed by atoms with van der Waals surface area (Å²) in [5.74, 6) is 3.06. The van der Waals surface area contributed by atoms with Crippen LogP contribution in [0.15, 0.2) is 48.6 Å². The van der Waals surface area contributed by atoms with Crippen LogP contribution in [0.25, 0.3) is 0 Å². The molecule has 2 aromatic rings. The highest BCUT2D eigenvalue weighted by atomic mass is 35.5. The molecule has 1 saturated heterocycles. The van der Waals surface area contributed by atoms with E-state index < -0.39 is 26.8 Å². The van der Waals surface area contributed by atoms with E-state index in [1.807, 2.05) is 55.8 Å². The summed E-state index contributed by atoms with van der Waals surface area (Å²) in [6, 6.07) is 11.7. The van der Waals surface area contributed by atoms with Gasteiger partial charge in [-0.25, -0.2) is 13.1 Å². The van der Waals surface area contributed by atoms with Crippen molar-refractivity contribution in [3.8, 4) is 5.75 Å². The van der Waals surface area contributed by atoms with Gasteiger partial charge in [-0.2, -0.15) is 0 Å². The summed E-state index contributed by atoms with van der Waals surface area (Å²) in [7, 11) is -2.03. The Bertz CT molecular complexity index is 1660. The van der Waals surface area contributed by atoms with Gasteiger partial charge in [-0.15, -0.1) is 23.5 Å². The van der Waals surface area contributed by atoms with Crippen LogP contribution in [0, 0.1) is 11.8 Å². The SMILES string of the molecule is CC[C@@H]1CC/C=C\[C@@](OC)(C2SCCCS2)[C@@H]2CC[C@H]2CN2C[C@@]3(CCCc4cc(Cl)ccc43)COc3ccc(cc32)C(=O)NS1(=O)=O. The Hall–Kier alpha value is -1.85. The summed E-state index contributed by atoms with van der Waals surface area (Å²) in [5.41, 5.74) is 3.05. The second-order valence-electron chi connectivity index (χ2n) is 14.2. The lowest BCUT2D eigenvalue weighted by Gasteiger charge is -2.53. The second kappa shape index (κ2) is 14.0. The number of thioether (sulfide) groups is 2. The van der Waals surface area contributed by atoms with Crippen molar-refractivity contribution in [1.29, 1.82) is 0 Å². The third kappa shape index (κ3) is 6.42. The van der Waals surface area contributed by atoms with Crippen LogP contribution in [0.5, 0.6) is 5.75 Å². The molecule has 5 aliphatic rings. The van der Waals surface area contributed by atoms with Crippen LogP contribution in [-0.4, -0.2) is 68.1 Å². The van der Waals surface area contributed by atoms with Gasteiger partial charge in [0.2, 0.25) is 10.0 Å². The number of nitrogens with one attached hydrogen (secondary N) is 1. The summed E-state index contributed by atoms with van der Waals surface area (Å²) >= 11 is 10.5. The largest absolute Gasteiger partial charge is 0.490 e. The molecule has 2 bridgehead atoms. The van der Waals surface area contributed by atoms with Crippen LogP contribution >= 0.6 is 35.1 Å². The molecule has 48 heavy (non-hydrogen) atoms. The predicted octanol–water partition coefficient (Wildman–Crippen LogP) is 7.61. The summed E-state index contributed by atoms with van der Waals surface area (Å²) in [4.78, 5) is 16.0. The van der Waals surface area contributed by atoms with E-state index in [1.54, 1.807) is 6.07 Å². The highest BCUT2D eigenvalue weighted by molar-refractivity contribution is 8.17. The predicted molar refractivity (Wildman–Crippen MR) is 198 cm³/mol. The number of halogens is 1. The molecule has 1 saturated carbocycles. The molecule has 3 aliphatic heterocycles. The van der Waals surface area contributed by atoms with E-state index in [0.29, 0.717) is 43.3 Å². The Morgan fingerprint density at radius 1 is 1.10 bits per heavy atom. The average molecular weight is 731 g/mol. The third-order valence-corrected chi connectivity index (χ3v) is 16.8. The maximum atomic E-state index is 13.6. The zero-order valence-electron chi connectivity index (χ0n) is 27.9. The molecule has 7 rings (SSSR count). The smallest absolute Gasteiger partial charge is 0.264 e. The topological polar surface area (TPSA) is 84.9 Å². The van der Waals surface area contributed by atoms with E-state index in [1.165, 1.54) is 17.5 Å². The number of aryl methyl sites for hydroxylation is 1. The molecule has 1 N–H and O–H groups in total. The first-order valence-corrected chi connectivity index (χ1v) is 21.5. The number of benzene rings is 2. The van der Waals surface area contributed by atoms with Crippen molar-refractivity contribution >= 4 is 56.7 Å². The van der Waals surface area contributed by atoms with Crippen LogP contribution in [0.1, 0.15) is 79.8 Å². The van der Waals surface area contributed by atoms with Gasteiger partial charge in [0.25, 0.3) is 5.91 Å².